The zero-order chi connectivity index (χ0) is 21.7. The van der Waals surface area contributed by atoms with E-state index in [0.717, 1.165) is 16.8 Å². The number of carbonyl (C=O) groups excluding carboxylic acids is 3. The summed E-state index contributed by atoms with van der Waals surface area (Å²) in [5, 5.41) is 2.68. The van der Waals surface area contributed by atoms with Crippen LogP contribution < -0.4 is 15.0 Å². The molecular formula is C23H26N2O5. The first-order chi connectivity index (χ1) is 14.4. The van der Waals surface area contributed by atoms with Gasteiger partial charge in [-0.15, -0.1) is 0 Å². The van der Waals surface area contributed by atoms with Crippen molar-refractivity contribution in [3.8, 4) is 5.75 Å². The molecule has 2 amide bonds. The van der Waals surface area contributed by atoms with Crippen LogP contribution in [0.1, 0.15) is 24.5 Å². The van der Waals surface area contributed by atoms with Gasteiger partial charge in [-0.3, -0.25) is 14.4 Å². The first kappa shape index (κ1) is 21.4. The van der Waals surface area contributed by atoms with Crippen LogP contribution in [0.3, 0.4) is 0 Å². The average molecular weight is 410 g/mol. The van der Waals surface area contributed by atoms with Gasteiger partial charge >= 0.3 is 5.97 Å². The molecule has 1 saturated heterocycles. The average Bonchev–Trinajstić information content (AvgIpc) is 3.09. The Bertz CT molecular complexity index is 956. The smallest absolute Gasteiger partial charge is 0.311 e. The summed E-state index contributed by atoms with van der Waals surface area (Å²) in [6.45, 7) is 6.06. The number of hydrogen-bond acceptors (Lipinski definition) is 5. The van der Waals surface area contributed by atoms with E-state index in [-0.39, 0.29) is 18.9 Å². The molecule has 1 aliphatic rings. The predicted octanol–water partition coefficient (Wildman–Crippen LogP) is 3.24. The molecule has 1 fully saturated rings. The first-order valence-corrected chi connectivity index (χ1v) is 9.95. The van der Waals surface area contributed by atoms with E-state index in [0.29, 0.717) is 18.0 Å². The van der Waals surface area contributed by atoms with Crippen molar-refractivity contribution in [3.63, 3.8) is 0 Å². The van der Waals surface area contributed by atoms with E-state index in [1.807, 2.05) is 39.0 Å². The summed E-state index contributed by atoms with van der Waals surface area (Å²) in [5.41, 5.74) is 3.39. The van der Waals surface area contributed by atoms with Crippen molar-refractivity contribution in [3.05, 3.63) is 53.6 Å². The number of carbonyl (C=O) groups is 3. The minimum Gasteiger partial charge on any atom is -0.492 e. The highest BCUT2D eigenvalue weighted by atomic mass is 16.5. The highest BCUT2D eigenvalue weighted by molar-refractivity contribution is 6.00. The van der Waals surface area contributed by atoms with Crippen molar-refractivity contribution in [2.75, 3.05) is 30.0 Å². The van der Waals surface area contributed by atoms with Crippen LogP contribution in [0.2, 0.25) is 0 Å². The van der Waals surface area contributed by atoms with Gasteiger partial charge in [-0.25, -0.2) is 0 Å². The molecule has 30 heavy (non-hydrogen) atoms. The minimum atomic E-state index is -0.596. The monoisotopic (exact) mass is 410 g/mol. The van der Waals surface area contributed by atoms with Crippen LogP contribution in [0.4, 0.5) is 11.4 Å². The van der Waals surface area contributed by atoms with Gasteiger partial charge in [0, 0.05) is 18.7 Å². The zero-order valence-electron chi connectivity index (χ0n) is 17.4. The Morgan fingerprint density at radius 1 is 1.17 bits per heavy atom. The van der Waals surface area contributed by atoms with E-state index in [4.69, 9.17) is 9.47 Å². The Hall–Kier alpha value is -3.35. The molecule has 158 valence electrons. The third kappa shape index (κ3) is 4.97. The number of nitrogens with one attached hydrogen (secondary N) is 1. The fraction of sp³-hybridized carbons (Fsp3) is 0.348. The van der Waals surface area contributed by atoms with Crippen LogP contribution >= 0.6 is 0 Å². The molecule has 3 rings (SSSR count). The molecule has 1 aliphatic heterocycles. The Labute approximate surface area is 176 Å². The van der Waals surface area contributed by atoms with Crippen molar-refractivity contribution >= 4 is 29.2 Å². The maximum Gasteiger partial charge on any atom is 0.311 e. The molecule has 0 saturated carbocycles. The second-order valence-corrected chi connectivity index (χ2v) is 7.28. The number of nitrogens with zero attached hydrogens (tertiary/aromatic N) is 1. The molecule has 2 aromatic carbocycles. The summed E-state index contributed by atoms with van der Waals surface area (Å²) < 4.78 is 10.6. The normalized spacial score (nSPS) is 15.8. The van der Waals surface area contributed by atoms with E-state index in [1.54, 1.807) is 29.2 Å². The van der Waals surface area contributed by atoms with Gasteiger partial charge in [-0.1, -0.05) is 29.8 Å². The predicted molar refractivity (Wildman–Crippen MR) is 114 cm³/mol. The van der Waals surface area contributed by atoms with E-state index in [2.05, 4.69) is 5.32 Å². The summed E-state index contributed by atoms with van der Waals surface area (Å²) in [6, 6.07) is 12.9. The fourth-order valence-corrected chi connectivity index (χ4v) is 3.50. The van der Waals surface area contributed by atoms with Gasteiger partial charge in [-0.2, -0.15) is 0 Å². The minimum absolute atomic E-state index is 0.0704. The number of ether oxygens (including phenoxy) is 2. The topological polar surface area (TPSA) is 84.9 Å². The molecule has 1 N–H and O–H groups in total. The number of para-hydroxylation sites is 2. The lowest BCUT2D eigenvalue weighted by Crippen LogP contribution is -2.28. The largest absolute Gasteiger partial charge is 0.492 e. The number of esters is 1. The van der Waals surface area contributed by atoms with Crippen LogP contribution in [-0.4, -0.2) is 37.5 Å². The van der Waals surface area contributed by atoms with Gasteiger partial charge in [0.1, 0.15) is 5.75 Å². The molecule has 1 heterocycles. The Kier molecular flexibility index (Phi) is 6.72. The van der Waals surface area contributed by atoms with Crippen molar-refractivity contribution in [2.24, 2.45) is 5.92 Å². The summed E-state index contributed by atoms with van der Waals surface area (Å²) in [7, 11) is 0. The van der Waals surface area contributed by atoms with Gasteiger partial charge in [0.15, 0.2) is 6.61 Å². The van der Waals surface area contributed by atoms with Crippen LogP contribution in [0.25, 0.3) is 0 Å². The molecule has 0 aliphatic carbocycles. The van der Waals surface area contributed by atoms with Crippen molar-refractivity contribution < 1.29 is 23.9 Å². The molecule has 0 unspecified atom stereocenters. The fourth-order valence-electron chi connectivity index (χ4n) is 3.50. The van der Waals surface area contributed by atoms with Crippen LogP contribution in [-0.2, 0) is 19.1 Å². The first-order valence-electron chi connectivity index (χ1n) is 9.95. The third-order valence-electron chi connectivity index (χ3n) is 4.91. The van der Waals surface area contributed by atoms with Crippen LogP contribution in [0.5, 0.6) is 5.75 Å². The zero-order valence-corrected chi connectivity index (χ0v) is 17.4. The summed E-state index contributed by atoms with van der Waals surface area (Å²) in [4.78, 5) is 38.7. The van der Waals surface area contributed by atoms with E-state index < -0.39 is 24.4 Å². The molecule has 7 heteroatoms. The number of anilines is 2. The number of benzene rings is 2. The summed E-state index contributed by atoms with van der Waals surface area (Å²) >= 11 is 0. The number of aryl methyl sites for hydroxylation is 2. The molecule has 1 atom stereocenters. The van der Waals surface area contributed by atoms with Gasteiger partial charge in [0.25, 0.3) is 5.91 Å². The molecule has 0 aromatic heterocycles. The van der Waals surface area contributed by atoms with Gasteiger partial charge in [-0.05, 0) is 44.5 Å². The van der Waals surface area contributed by atoms with E-state index in [9.17, 15) is 14.4 Å². The third-order valence-corrected chi connectivity index (χ3v) is 4.91. The molecule has 0 spiro atoms. The van der Waals surface area contributed by atoms with E-state index in [1.165, 1.54) is 0 Å². The summed E-state index contributed by atoms with van der Waals surface area (Å²) in [6.07, 6.45) is 0.0704. The molecule has 0 radical (unpaired) electrons. The molecule has 7 nitrogen and oxygen atoms in total. The maximum absolute atomic E-state index is 12.4. The number of hydrogen-bond donors (Lipinski definition) is 1. The van der Waals surface area contributed by atoms with Gasteiger partial charge < -0.3 is 19.7 Å². The van der Waals surface area contributed by atoms with E-state index >= 15 is 0 Å². The quantitative estimate of drug-likeness (QED) is 0.709. The second kappa shape index (κ2) is 9.43. The number of rotatable bonds is 7. The Morgan fingerprint density at radius 3 is 2.67 bits per heavy atom. The van der Waals surface area contributed by atoms with Crippen LogP contribution in [0, 0.1) is 19.8 Å². The van der Waals surface area contributed by atoms with Crippen molar-refractivity contribution in [1.82, 2.24) is 0 Å². The number of amides is 2. The lowest BCUT2D eigenvalue weighted by Gasteiger charge is -2.19. The Morgan fingerprint density at radius 2 is 1.93 bits per heavy atom. The van der Waals surface area contributed by atoms with Crippen molar-refractivity contribution in [1.29, 1.82) is 0 Å². The molecule has 0 bridgehead atoms. The van der Waals surface area contributed by atoms with Gasteiger partial charge in [0.05, 0.1) is 18.2 Å². The molecular weight excluding hydrogens is 384 g/mol. The standard InChI is InChI=1S/C23H26N2O5/c1-4-29-20-8-6-5-7-18(20)24-21(26)14-30-23(28)17-12-22(27)25(13-17)19-10-9-15(2)11-16(19)3/h5-11,17H,4,12-14H2,1-3H3,(H,24,26)/t17-/m0/s1. The summed E-state index contributed by atoms with van der Waals surface area (Å²) in [5.74, 6) is -1.19. The van der Waals surface area contributed by atoms with Crippen LogP contribution in [0.15, 0.2) is 42.5 Å². The highest BCUT2D eigenvalue weighted by Gasteiger charge is 2.36. The SMILES string of the molecule is CCOc1ccccc1NC(=O)COC(=O)[C@H]1CC(=O)N(c2ccc(C)cc2C)C1. The molecule has 2 aromatic rings. The van der Waals surface area contributed by atoms with Crippen molar-refractivity contribution in [2.45, 2.75) is 27.2 Å². The Balaban J connectivity index is 1.55. The maximum atomic E-state index is 12.4. The highest BCUT2D eigenvalue weighted by Crippen LogP contribution is 2.29. The second-order valence-electron chi connectivity index (χ2n) is 7.28. The lowest BCUT2D eigenvalue weighted by atomic mass is 10.1. The lowest BCUT2D eigenvalue weighted by molar-refractivity contribution is -0.151. The van der Waals surface area contributed by atoms with Gasteiger partial charge in [0.2, 0.25) is 5.91 Å².